The molecule has 2 bridgehead atoms. The minimum atomic E-state index is -0.457. The summed E-state index contributed by atoms with van der Waals surface area (Å²) in [6.07, 6.45) is 1.11. The summed E-state index contributed by atoms with van der Waals surface area (Å²) in [6.45, 7) is 2.78. The van der Waals surface area contributed by atoms with Gasteiger partial charge in [0.2, 0.25) is 5.95 Å². The Kier molecular flexibility index (Phi) is 3.58. The molecule has 2 aliphatic heterocycles. The number of primary amides is 1. The van der Waals surface area contributed by atoms with Gasteiger partial charge in [-0.25, -0.2) is 4.98 Å². The highest BCUT2D eigenvalue weighted by atomic mass is 16.3. The van der Waals surface area contributed by atoms with E-state index >= 15 is 0 Å². The molecule has 0 radical (unpaired) electrons. The lowest BCUT2D eigenvalue weighted by Crippen LogP contribution is -2.46. The molecule has 2 fully saturated rings. The summed E-state index contributed by atoms with van der Waals surface area (Å²) < 4.78 is 0. The normalized spacial score (nSPS) is 22.0. The fourth-order valence-electron chi connectivity index (χ4n) is 4.39. The first kappa shape index (κ1) is 16.1. The minimum absolute atomic E-state index is 0.299. The number of carbonyl (C=O) groups is 1. The fourth-order valence-corrected chi connectivity index (χ4v) is 4.39. The molecule has 3 aromatic rings. The number of carbonyl (C=O) groups excluding carboxylic acids is 1. The van der Waals surface area contributed by atoms with E-state index in [1.54, 1.807) is 18.2 Å². The quantitative estimate of drug-likeness (QED) is 0.657. The summed E-state index contributed by atoms with van der Waals surface area (Å²) in [5, 5.41) is 9.44. The van der Waals surface area contributed by atoms with Crippen LogP contribution < -0.4 is 10.6 Å². The van der Waals surface area contributed by atoms with Crippen molar-refractivity contribution in [2.75, 3.05) is 18.0 Å². The molecule has 5 rings (SSSR count). The van der Waals surface area contributed by atoms with Crippen molar-refractivity contribution in [3.05, 3.63) is 53.6 Å². The largest absolute Gasteiger partial charge is 0.508 e. The topological polar surface area (TPSA) is 98.5 Å². The van der Waals surface area contributed by atoms with Gasteiger partial charge in [-0.3, -0.25) is 9.69 Å². The molecule has 0 spiro atoms. The Labute approximate surface area is 156 Å². The van der Waals surface area contributed by atoms with Crippen molar-refractivity contribution in [1.82, 2.24) is 14.9 Å². The molecule has 7 heteroatoms. The van der Waals surface area contributed by atoms with E-state index in [2.05, 4.69) is 19.8 Å². The monoisotopic (exact) mass is 363 g/mol. The molecule has 2 atom stereocenters. The number of hydrogen-bond donors (Lipinski definition) is 3. The summed E-state index contributed by atoms with van der Waals surface area (Å²) in [5.41, 5.74) is 8.62. The first-order chi connectivity index (χ1) is 13.1. The van der Waals surface area contributed by atoms with Crippen LogP contribution >= 0.6 is 0 Å². The maximum atomic E-state index is 11.6. The highest BCUT2D eigenvalue weighted by Gasteiger charge is 2.44. The van der Waals surface area contributed by atoms with Crippen molar-refractivity contribution in [3.8, 4) is 5.75 Å². The number of nitrogens with zero attached hydrogens (tertiary/aromatic N) is 3. The van der Waals surface area contributed by atoms with Crippen molar-refractivity contribution in [1.29, 1.82) is 0 Å². The summed E-state index contributed by atoms with van der Waals surface area (Å²) in [5.74, 6) is 0.658. The standard InChI is InChI=1S/C20H21N5O2/c21-19(27)16-2-1-3-17-18(16)23-20(22-17)25-11-13-8-14(25)10-24(13)9-12-4-6-15(26)7-5-12/h1-7,13-14,26H,8-11H2,(H2,21,27)(H,22,23)/t13-,14+/m0/s1. The number of amides is 1. The van der Waals surface area contributed by atoms with Gasteiger partial charge >= 0.3 is 0 Å². The van der Waals surface area contributed by atoms with Gasteiger partial charge in [-0.05, 0) is 36.2 Å². The average Bonchev–Trinajstić information content (AvgIpc) is 3.35. The summed E-state index contributed by atoms with van der Waals surface area (Å²) in [7, 11) is 0. The first-order valence-electron chi connectivity index (χ1n) is 9.15. The van der Waals surface area contributed by atoms with E-state index < -0.39 is 5.91 Å². The van der Waals surface area contributed by atoms with Gasteiger partial charge in [0.15, 0.2) is 0 Å². The maximum absolute atomic E-state index is 11.6. The highest BCUT2D eigenvalue weighted by molar-refractivity contribution is 6.04. The molecule has 1 amide bonds. The molecule has 3 heterocycles. The second-order valence-corrected chi connectivity index (χ2v) is 7.42. The number of fused-ring (bicyclic) bond motifs is 3. The van der Waals surface area contributed by atoms with Gasteiger partial charge in [-0.2, -0.15) is 0 Å². The number of nitrogens with two attached hydrogens (primary N) is 1. The van der Waals surface area contributed by atoms with Gasteiger partial charge in [0.25, 0.3) is 5.91 Å². The van der Waals surface area contributed by atoms with Crippen molar-refractivity contribution in [3.63, 3.8) is 0 Å². The smallest absolute Gasteiger partial charge is 0.250 e. The van der Waals surface area contributed by atoms with E-state index in [9.17, 15) is 9.90 Å². The molecule has 2 aromatic carbocycles. The highest BCUT2D eigenvalue weighted by Crippen LogP contribution is 2.35. The molecule has 2 aliphatic rings. The minimum Gasteiger partial charge on any atom is -0.508 e. The van der Waals surface area contributed by atoms with Crippen LogP contribution in [0.2, 0.25) is 0 Å². The number of phenols is 1. The van der Waals surface area contributed by atoms with Gasteiger partial charge in [0.1, 0.15) is 11.3 Å². The van der Waals surface area contributed by atoms with E-state index in [1.165, 1.54) is 5.56 Å². The lowest BCUT2D eigenvalue weighted by Gasteiger charge is -2.34. The van der Waals surface area contributed by atoms with Crippen molar-refractivity contribution >= 4 is 22.9 Å². The summed E-state index contributed by atoms with van der Waals surface area (Å²) >= 11 is 0. The number of anilines is 1. The third-order valence-electron chi connectivity index (χ3n) is 5.71. The Morgan fingerprint density at radius 3 is 2.70 bits per heavy atom. The Morgan fingerprint density at radius 1 is 1.19 bits per heavy atom. The molecular formula is C20H21N5O2. The van der Waals surface area contributed by atoms with Crippen LogP contribution in [0.4, 0.5) is 5.95 Å². The Bertz CT molecular complexity index is 1010. The van der Waals surface area contributed by atoms with Gasteiger partial charge in [0.05, 0.1) is 11.1 Å². The first-order valence-corrected chi connectivity index (χ1v) is 9.15. The zero-order valence-electron chi connectivity index (χ0n) is 14.8. The third-order valence-corrected chi connectivity index (χ3v) is 5.71. The number of phenolic OH excluding ortho intramolecular Hbond substituents is 1. The van der Waals surface area contributed by atoms with E-state index in [-0.39, 0.29) is 0 Å². The number of para-hydroxylation sites is 1. The lowest BCUT2D eigenvalue weighted by atomic mass is 10.2. The Balaban J connectivity index is 1.35. The number of aromatic nitrogens is 2. The summed E-state index contributed by atoms with van der Waals surface area (Å²) in [4.78, 5) is 24.5. The molecule has 27 heavy (non-hydrogen) atoms. The van der Waals surface area contributed by atoms with Crippen LogP contribution in [0, 0.1) is 0 Å². The zero-order valence-corrected chi connectivity index (χ0v) is 14.8. The maximum Gasteiger partial charge on any atom is 0.250 e. The third kappa shape index (κ3) is 2.71. The zero-order chi connectivity index (χ0) is 18.5. The number of aromatic hydroxyl groups is 1. The van der Waals surface area contributed by atoms with Crippen LogP contribution in [0.5, 0.6) is 5.75 Å². The molecule has 0 saturated carbocycles. The number of aromatic amines is 1. The molecular weight excluding hydrogens is 342 g/mol. The second-order valence-electron chi connectivity index (χ2n) is 7.42. The van der Waals surface area contributed by atoms with E-state index in [0.29, 0.717) is 28.9 Å². The van der Waals surface area contributed by atoms with Crippen LogP contribution in [0.25, 0.3) is 11.0 Å². The number of benzene rings is 2. The molecule has 4 N–H and O–H groups in total. The number of rotatable bonds is 4. The van der Waals surface area contributed by atoms with Crippen molar-refractivity contribution in [2.45, 2.75) is 25.0 Å². The number of likely N-dealkylation sites (tertiary alicyclic amines) is 1. The molecule has 2 saturated heterocycles. The molecule has 7 nitrogen and oxygen atoms in total. The van der Waals surface area contributed by atoms with Crippen LogP contribution in [-0.2, 0) is 6.54 Å². The molecule has 0 unspecified atom stereocenters. The number of nitrogens with one attached hydrogen (secondary N) is 1. The molecule has 0 aliphatic carbocycles. The van der Waals surface area contributed by atoms with Gasteiger partial charge in [-0.1, -0.05) is 18.2 Å². The predicted molar refractivity (Wildman–Crippen MR) is 103 cm³/mol. The van der Waals surface area contributed by atoms with Crippen LogP contribution in [0.15, 0.2) is 42.5 Å². The van der Waals surface area contributed by atoms with Crippen LogP contribution in [-0.4, -0.2) is 51.1 Å². The SMILES string of the molecule is NC(=O)c1cccc2[nH]c(N3C[C@@H]4C[C@@H]3CN4Cc3ccc(O)cc3)nc12. The fraction of sp³-hybridized carbons (Fsp3) is 0.300. The molecule has 1 aromatic heterocycles. The Hall–Kier alpha value is -3.06. The number of H-pyrrole nitrogens is 1. The van der Waals surface area contributed by atoms with Gasteiger partial charge in [-0.15, -0.1) is 0 Å². The van der Waals surface area contributed by atoms with Crippen LogP contribution in [0.3, 0.4) is 0 Å². The number of hydrogen-bond acceptors (Lipinski definition) is 5. The predicted octanol–water partition coefficient (Wildman–Crippen LogP) is 1.83. The number of imidazole rings is 1. The van der Waals surface area contributed by atoms with Gasteiger partial charge < -0.3 is 20.7 Å². The van der Waals surface area contributed by atoms with E-state index in [1.807, 2.05) is 24.3 Å². The second kappa shape index (κ2) is 5.99. The molecule has 138 valence electrons. The number of piperazine rings is 1. The lowest BCUT2D eigenvalue weighted by molar-refractivity contribution is 0.100. The average molecular weight is 363 g/mol. The van der Waals surface area contributed by atoms with Crippen molar-refractivity contribution in [2.24, 2.45) is 5.73 Å². The van der Waals surface area contributed by atoms with E-state index in [0.717, 1.165) is 37.5 Å². The van der Waals surface area contributed by atoms with Crippen LogP contribution in [0.1, 0.15) is 22.3 Å². The summed E-state index contributed by atoms with van der Waals surface area (Å²) in [6, 6.07) is 13.8. The van der Waals surface area contributed by atoms with Gasteiger partial charge in [0, 0.05) is 31.7 Å². The van der Waals surface area contributed by atoms with Crippen molar-refractivity contribution < 1.29 is 9.90 Å². The Morgan fingerprint density at radius 2 is 2.00 bits per heavy atom. The van der Waals surface area contributed by atoms with E-state index in [4.69, 9.17) is 5.73 Å².